The standard InChI is InChI=1S/C28H34N2O3S2/c1-22-15-19-26(20-16-22)35(32,33)30-25(18-17-23-11-7-5-8-12-23)21-27(24-13-9-6-10-14-24)29-34(31)28(2,3)4/h5-20,25,27,29-30H,21H2,1-4H3/b18-17+/t25-,27-,34+/m1/s1. The van der Waals surface area contributed by atoms with E-state index in [1.807, 2.05) is 101 Å². The van der Waals surface area contributed by atoms with Crippen LogP contribution in [0.15, 0.2) is 95.9 Å². The van der Waals surface area contributed by atoms with Gasteiger partial charge in [-0.3, -0.25) is 0 Å². The Bertz CT molecular complexity index is 1230. The van der Waals surface area contributed by atoms with E-state index in [1.165, 1.54) is 0 Å². The normalized spacial score (nSPS) is 15.1. The monoisotopic (exact) mass is 510 g/mol. The molecule has 0 saturated carbocycles. The molecule has 3 atom stereocenters. The van der Waals surface area contributed by atoms with Gasteiger partial charge in [-0.05, 0) is 57.4 Å². The smallest absolute Gasteiger partial charge is 0.241 e. The molecule has 3 aromatic carbocycles. The molecule has 0 aliphatic carbocycles. The number of aryl methyl sites for hydroxylation is 1. The van der Waals surface area contributed by atoms with Gasteiger partial charge in [0.1, 0.15) is 0 Å². The molecule has 0 radical (unpaired) electrons. The summed E-state index contributed by atoms with van der Waals surface area (Å²) >= 11 is 0. The van der Waals surface area contributed by atoms with E-state index in [1.54, 1.807) is 24.3 Å². The quantitative estimate of drug-likeness (QED) is 0.376. The van der Waals surface area contributed by atoms with Crippen LogP contribution in [0.5, 0.6) is 0 Å². The van der Waals surface area contributed by atoms with Gasteiger partial charge in [0.05, 0.1) is 20.6 Å². The Morgan fingerprint density at radius 1 is 0.886 bits per heavy atom. The van der Waals surface area contributed by atoms with E-state index in [4.69, 9.17) is 0 Å². The van der Waals surface area contributed by atoms with E-state index in [2.05, 4.69) is 9.44 Å². The number of hydrogen-bond acceptors (Lipinski definition) is 3. The summed E-state index contributed by atoms with van der Waals surface area (Å²) in [7, 11) is -5.11. The van der Waals surface area contributed by atoms with Crippen LogP contribution in [0.25, 0.3) is 6.08 Å². The van der Waals surface area contributed by atoms with Crippen molar-refractivity contribution >= 4 is 27.1 Å². The number of sulfonamides is 1. The van der Waals surface area contributed by atoms with Crippen LogP contribution in [-0.4, -0.2) is 23.4 Å². The highest BCUT2D eigenvalue weighted by atomic mass is 32.2. The summed E-state index contributed by atoms with van der Waals surface area (Å²) < 4.78 is 45.1. The molecule has 0 aliphatic rings. The van der Waals surface area contributed by atoms with E-state index in [9.17, 15) is 12.6 Å². The van der Waals surface area contributed by atoms with E-state index in [0.29, 0.717) is 6.42 Å². The number of rotatable bonds is 10. The third-order valence-corrected chi connectivity index (χ3v) is 8.57. The summed E-state index contributed by atoms with van der Waals surface area (Å²) in [4.78, 5) is 0.212. The molecule has 5 nitrogen and oxygen atoms in total. The van der Waals surface area contributed by atoms with Gasteiger partial charge in [0, 0.05) is 12.1 Å². The van der Waals surface area contributed by atoms with Crippen molar-refractivity contribution in [1.29, 1.82) is 0 Å². The molecule has 0 aromatic heterocycles. The first kappa shape index (κ1) is 27.0. The highest BCUT2D eigenvalue weighted by molar-refractivity contribution is 7.89. The minimum atomic E-state index is -3.77. The Morgan fingerprint density at radius 2 is 1.46 bits per heavy atom. The first-order valence-electron chi connectivity index (χ1n) is 11.6. The largest absolute Gasteiger partial charge is 0.242 e. The Hall–Kier alpha value is -2.58. The van der Waals surface area contributed by atoms with Gasteiger partial charge in [-0.25, -0.2) is 22.1 Å². The SMILES string of the molecule is Cc1ccc(S(=O)(=O)N[C@H](/C=C/c2ccccc2)C[C@@H](N[S@@](=O)C(C)(C)C)c2ccccc2)cc1. The van der Waals surface area contributed by atoms with Crippen molar-refractivity contribution in [3.8, 4) is 0 Å². The first-order valence-corrected chi connectivity index (χ1v) is 14.2. The van der Waals surface area contributed by atoms with Crippen LogP contribution in [-0.2, 0) is 21.0 Å². The van der Waals surface area contributed by atoms with Crippen LogP contribution in [0.4, 0.5) is 0 Å². The molecule has 0 aliphatic heterocycles. The number of nitrogens with one attached hydrogen (secondary N) is 2. The Labute approximate surface area is 212 Å². The molecule has 2 N–H and O–H groups in total. The van der Waals surface area contributed by atoms with Crippen molar-refractivity contribution in [2.75, 3.05) is 0 Å². The molecule has 0 bridgehead atoms. The number of hydrogen-bond donors (Lipinski definition) is 2. The molecule has 0 heterocycles. The highest BCUT2D eigenvalue weighted by Crippen LogP contribution is 2.24. The van der Waals surface area contributed by atoms with Crippen molar-refractivity contribution in [3.05, 3.63) is 108 Å². The Kier molecular flexibility index (Phi) is 9.19. The van der Waals surface area contributed by atoms with Crippen LogP contribution in [0.3, 0.4) is 0 Å². The zero-order valence-electron chi connectivity index (χ0n) is 20.6. The lowest BCUT2D eigenvalue weighted by Crippen LogP contribution is -2.40. The third kappa shape index (κ3) is 8.25. The lowest BCUT2D eigenvalue weighted by molar-refractivity contribution is 0.513. The number of benzene rings is 3. The Morgan fingerprint density at radius 3 is 2.03 bits per heavy atom. The van der Waals surface area contributed by atoms with Crippen LogP contribution >= 0.6 is 0 Å². The highest BCUT2D eigenvalue weighted by Gasteiger charge is 2.27. The van der Waals surface area contributed by atoms with Gasteiger partial charge >= 0.3 is 0 Å². The van der Waals surface area contributed by atoms with Crippen molar-refractivity contribution in [2.24, 2.45) is 0 Å². The van der Waals surface area contributed by atoms with Crippen molar-refractivity contribution in [1.82, 2.24) is 9.44 Å². The maximum Gasteiger partial charge on any atom is 0.241 e. The summed E-state index contributed by atoms with van der Waals surface area (Å²) in [6.45, 7) is 7.64. The van der Waals surface area contributed by atoms with Crippen molar-refractivity contribution in [2.45, 2.75) is 55.8 Å². The lowest BCUT2D eigenvalue weighted by Gasteiger charge is -2.27. The van der Waals surface area contributed by atoms with Gasteiger partial charge in [0.25, 0.3) is 0 Å². The first-order chi connectivity index (χ1) is 16.5. The fraction of sp³-hybridized carbons (Fsp3) is 0.286. The fourth-order valence-electron chi connectivity index (χ4n) is 3.44. The topological polar surface area (TPSA) is 75.3 Å². The predicted molar refractivity (Wildman–Crippen MR) is 146 cm³/mol. The molecule has 0 spiro atoms. The van der Waals surface area contributed by atoms with Crippen LogP contribution < -0.4 is 9.44 Å². The average Bonchev–Trinajstić information content (AvgIpc) is 2.82. The summed E-state index contributed by atoms with van der Waals surface area (Å²) in [5.41, 5.74) is 2.90. The van der Waals surface area contributed by atoms with Crippen LogP contribution in [0.1, 0.15) is 49.9 Å². The minimum Gasteiger partial charge on any atom is -0.242 e. The van der Waals surface area contributed by atoms with Crippen LogP contribution in [0, 0.1) is 6.92 Å². The molecule has 7 heteroatoms. The summed E-state index contributed by atoms with van der Waals surface area (Å²) in [6, 6.07) is 25.3. The van der Waals surface area contributed by atoms with E-state index in [0.717, 1.165) is 16.7 Å². The minimum absolute atomic E-state index is 0.212. The van der Waals surface area contributed by atoms with Gasteiger partial charge in [-0.15, -0.1) is 0 Å². The van der Waals surface area contributed by atoms with Gasteiger partial charge in [-0.2, -0.15) is 0 Å². The molecule has 0 fully saturated rings. The maximum absolute atomic E-state index is 13.2. The van der Waals surface area contributed by atoms with Crippen molar-refractivity contribution in [3.63, 3.8) is 0 Å². The van der Waals surface area contributed by atoms with E-state index < -0.39 is 31.8 Å². The van der Waals surface area contributed by atoms with E-state index in [-0.39, 0.29) is 10.9 Å². The molecular weight excluding hydrogens is 476 g/mol. The summed E-state index contributed by atoms with van der Waals surface area (Å²) in [5.74, 6) is 0. The Balaban J connectivity index is 1.94. The van der Waals surface area contributed by atoms with Gasteiger partial charge in [0.2, 0.25) is 10.0 Å². The molecular formula is C28H34N2O3S2. The zero-order valence-corrected chi connectivity index (χ0v) is 22.3. The molecule has 3 aromatic rings. The molecule has 35 heavy (non-hydrogen) atoms. The molecule has 0 saturated heterocycles. The zero-order chi connectivity index (χ0) is 25.5. The summed E-state index contributed by atoms with van der Waals surface area (Å²) in [5, 5.41) is 0. The van der Waals surface area contributed by atoms with Gasteiger partial charge < -0.3 is 0 Å². The second-order valence-electron chi connectivity index (χ2n) is 9.51. The van der Waals surface area contributed by atoms with Gasteiger partial charge in [-0.1, -0.05) is 90.5 Å². The second-order valence-corrected chi connectivity index (χ2v) is 13.2. The van der Waals surface area contributed by atoms with Crippen LogP contribution in [0.2, 0.25) is 0 Å². The average molecular weight is 511 g/mol. The molecule has 186 valence electrons. The maximum atomic E-state index is 13.2. The summed E-state index contributed by atoms with van der Waals surface area (Å²) in [6.07, 6.45) is 4.14. The second kappa shape index (κ2) is 11.9. The lowest BCUT2D eigenvalue weighted by atomic mass is 10.00. The predicted octanol–water partition coefficient (Wildman–Crippen LogP) is 5.54. The van der Waals surface area contributed by atoms with E-state index >= 15 is 0 Å². The van der Waals surface area contributed by atoms with Gasteiger partial charge in [0.15, 0.2) is 0 Å². The van der Waals surface area contributed by atoms with Crippen molar-refractivity contribution < 1.29 is 12.6 Å². The molecule has 3 rings (SSSR count). The fourth-order valence-corrected chi connectivity index (χ4v) is 5.49. The molecule has 0 unspecified atom stereocenters. The third-order valence-electron chi connectivity index (χ3n) is 5.46. The molecule has 0 amide bonds.